The van der Waals surface area contributed by atoms with E-state index >= 15 is 0 Å². The number of carbonyl (C=O) groups is 1. The summed E-state index contributed by atoms with van der Waals surface area (Å²) in [6.07, 6.45) is 0. The van der Waals surface area contributed by atoms with Crippen LogP contribution in [0.4, 0.5) is 0 Å². The highest BCUT2D eigenvalue weighted by atomic mass is 31.0. The van der Waals surface area contributed by atoms with Gasteiger partial charge in [-0.2, -0.15) is 9.90 Å². The van der Waals surface area contributed by atoms with Gasteiger partial charge in [-0.3, -0.25) is 4.79 Å². The molecule has 0 aliphatic heterocycles. The summed E-state index contributed by atoms with van der Waals surface area (Å²) < 4.78 is 4.15. The van der Waals surface area contributed by atoms with Crippen molar-refractivity contribution >= 4 is 16.4 Å². The SMILES string of the molecule is CCOC=O.P. The number of hydrogen-bond acceptors (Lipinski definition) is 2. The van der Waals surface area contributed by atoms with Crippen LogP contribution < -0.4 is 0 Å². The minimum atomic E-state index is 0. The van der Waals surface area contributed by atoms with Crippen LogP contribution in [0.25, 0.3) is 0 Å². The third-order valence-corrected chi connectivity index (χ3v) is 0.235. The Kier molecular flexibility index (Phi) is 13.8. The fourth-order valence-corrected chi connectivity index (χ4v) is 0.0680. The summed E-state index contributed by atoms with van der Waals surface area (Å²) in [4.78, 5) is 9.18. The molecule has 0 aromatic carbocycles. The van der Waals surface area contributed by atoms with Crippen molar-refractivity contribution in [1.29, 1.82) is 0 Å². The van der Waals surface area contributed by atoms with E-state index in [4.69, 9.17) is 0 Å². The Morgan fingerprint density at radius 3 is 2.33 bits per heavy atom. The predicted molar refractivity (Wildman–Crippen MR) is 28.8 cm³/mol. The number of carbonyl (C=O) groups excluding carboxylic acids is 1. The zero-order chi connectivity index (χ0) is 4.12. The minimum absolute atomic E-state index is 0. The fourth-order valence-electron chi connectivity index (χ4n) is 0.0680. The molecule has 0 aromatic rings. The topological polar surface area (TPSA) is 26.3 Å². The molecule has 38 valence electrons. The van der Waals surface area contributed by atoms with E-state index in [1.165, 1.54) is 0 Å². The van der Waals surface area contributed by atoms with Crippen LogP contribution in [0.5, 0.6) is 0 Å². The second-order valence-corrected chi connectivity index (χ2v) is 0.552. The van der Waals surface area contributed by atoms with Gasteiger partial charge in [0, 0.05) is 0 Å². The standard InChI is InChI=1S/C3H6O2.H3P/c1-2-5-3-4;/h3H,2H2,1H3;1H3. The molecule has 0 aromatic heterocycles. The molecule has 0 saturated carbocycles. The monoisotopic (exact) mass is 108 g/mol. The minimum Gasteiger partial charge on any atom is -0.468 e. The molecule has 0 aliphatic rings. The maximum Gasteiger partial charge on any atom is 0.293 e. The van der Waals surface area contributed by atoms with E-state index in [1.54, 1.807) is 6.92 Å². The Bertz CT molecular complexity index is 30.0. The first-order chi connectivity index (χ1) is 2.41. The summed E-state index contributed by atoms with van der Waals surface area (Å²) in [6.45, 7) is 2.66. The van der Waals surface area contributed by atoms with Crippen molar-refractivity contribution in [3.8, 4) is 0 Å². The Labute approximate surface area is 40.5 Å². The number of hydrogen-bond donors (Lipinski definition) is 0. The molecule has 0 saturated heterocycles. The molecule has 0 aliphatic carbocycles. The summed E-state index contributed by atoms with van der Waals surface area (Å²) in [7, 11) is 0. The van der Waals surface area contributed by atoms with E-state index < -0.39 is 0 Å². The first-order valence-corrected chi connectivity index (χ1v) is 1.47. The smallest absolute Gasteiger partial charge is 0.293 e. The van der Waals surface area contributed by atoms with Gasteiger partial charge in [0.2, 0.25) is 0 Å². The molecular weight excluding hydrogens is 99.0 g/mol. The molecule has 0 spiro atoms. The Morgan fingerprint density at radius 2 is 2.33 bits per heavy atom. The maximum absolute atomic E-state index is 9.18. The highest BCUT2D eigenvalue weighted by molar-refractivity contribution is 6.92. The van der Waals surface area contributed by atoms with Gasteiger partial charge in [-0.05, 0) is 6.92 Å². The van der Waals surface area contributed by atoms with E-state index in [1.807, 2.05) is 0 Å². The van der Waals surface area contributed by atoms with Crippen LogP contribution in [0.2, 0.25) is 0 Å². The lowest BCUT2D eigenvalue weighted by Gasteiger charge is -1.79. The van der Waals surface area contributed by atoms with Gasteiger partial charge >= 0.3 is 0 Å². The highest BCUT2D eigenvalue weighted by Gasteiger charge is 1.60. The summed E-state index contributed by atoms with van der Waals surface area (Å²) in [5, 5.41) is 0. The lowest BCUT2D eigenvalue weighted by molar-refractivity contribution is -0.128. The average molecular weight is 108 g/mol. The Balaban J connectivity index is 0. The molecule has 6 heavy (non-hydrogen) atoms. The molecule has 1 unspecified atom stereocenters. The predicted octanol–water partition coefficient (Wildman–Crippen LogP) is 0.237. The second kappa shape index (κ2) is 8.86. The van der Waals surface area contributed by atoms with E-state index in [2.05, 4.69) is 4.74 Å². The van der Waals surface area contributed by atoms with E-state index in [0.717, 1.165) is 0 Å². The van der Waals surface area contributed by atoms with Crippen LogP contribution in [-0.2, 0) is 9.53 Å². The summed E-state index contributed by atoms with van der Waals surface area (Å²) in [5.74, 6) is 0. The van der Waals surface area contributed by atoms with Gasteiger partial charge in [-0.15, -0.1) is 0 Å². The summed E-state index contributed by atoms with van der Waals surface area (Å²) in [6, 6.07) is 0. The van der Waals surface area contributed by atoms with E-state index in [0.29, 0.717) is 13.1 Å². The Morgan fingerprint density at radius 1 is 1.83 bits per heavy atom. The first-order valence-electron chi connectivity index (χ1n) is 1.47. The highest BCUT2D eigenvalue weighted by Crippen LogP contribution is 1.55. The Hall–Kier alpha value is -0.100. The number of rotatable bonds is 2. The van der Waals surface area contributed by atoms with Crippen molar-refractivity contribution in [2.24, 2.45) is 0 Å². The first kappa shape index (κ1) is 9.31. The fraction of sp³-hybridized carbons (Fsp3) is 0.667. The van der Waals surface area contributed by atoms with Crippen molar-refractivity contribution in [3.05, 3.63) is 0 Å². The third kappa shape index (κ3) is 9.09. The van der Waals surface area contributed by atoms with Gasteiger partial charge in [0.05, 0.1) is 6.61 Å². The molecule has 3 heteroatoms. The second-order valence-electron chi connectivity index (χ2n) is 0.552. The summed E-state index contributed by atoms with van der Waals surface area (Å²) in [5.41, 5.74) is 0. The van der Waals surface area contributed by atoms with Gasteiger partial charge in [-0.1, -0.05) is 0 Å². The molecular formula is C3H9O2P. The van der Waals surface area contributed by atoms with Gasteiger partial charge in [-0.25, -0.2) is 0 Å². The average Bonchev–Trinajstić information content (AvgIpc) is 1.41. The lowest BCUT2D eigenvalue weighted by Crippen LogP contribution is -1.80. The quantitative estimate of drug-likeness (QED) is 0.374. The molecule has 0 radical (unpaired) electrons. The van der Waals surface area contributed by atoms with Crippen molar-refractivity contribution in [2.45, 2.75) is 6.92 Å². The largest absolute Gasteiger partial charge is 0.468 e. The molecule has 2 nitrogen and oxygen atoms in total. The molecule has 0 rings (SSSR count). The summed E-state index contributed by atoms with van der Waals surface area (Å²) >= 11 is 0. The maximum atomic E-state index is 9.18. The molecule has 0 bridgehead atoms. The van der Waals surface area contributed by atoms with Crippen LogP contribution >= 0.6 is 9.90 Å². The van der Waals surface area contributed by atoms with Gasteiger partial charge in [0.15, 0.2) is 0 Å². The van der Waals surface area contributed by atoms with Crippen molar-refractivity contribution < 1.29 is 9.53 Å². The van der Waals surface area contributed by atoms with Crippen LogP contribution in [0.15, 0.2) is 0 Å². The normalized spacial score (nSPS) is 5.50. The molecule has 0 heterocycles. The molecule has 0 N–H and O–H groups in total. The van der Waals surface area contributed by atoms with Crippen molar-refractivity contribution in [1.82, 2.24) is 0 Å². The van der Waals surface area contributed by atoms with Crippen LogP contribution in [0, 0.1) is 0 Å². The zero-order valence-electron chi connectivity index (χ0n) is 3.81. The molecule has 0 amide bonds. The van der Waals surface area contributed by atoms with Gasteiger partial charge < -0.3 is 4.74 Å². The molecule has 1 atom stereocenters. The van der Waals surface area contributed by atoms with Crippen molar-refractivity contribution in [2.75, 3.05) is 6.61 Å². The van der Waals surface area contributed by atoms with Crippen LogP contribution in [-0.4, -0.2) is 13.1 Å². The third-order valence-electron chi connectivity index (χ3n) is 0.235. The molecule has 0 fully saturated rings. The van der Waals surface area contributed by atoms with Crippen LogP contribution in [0.1, 0.15) is 6.92 Å². The van der Waals surface area contributed by atoms with Crippen molar-refractivity contribution in [3.63, 3.8) is 0 Å². The van der Waals surface area contributed by atoms with Crippen LogP contribution in [0.3, 0.4) is 0 Å². The lowest BCUT2D eigenvalue weighted by atomic mass is 10.9. The van der Waals surface area contributed by atoms with Gasteiger partial charge in [0.25, 0.3) is 6.47 Å². The zero-order valence-corrected chi connectivity index (χ0v) is 5.22. The number of ether oxygens (including phenoxy) is 1. The van der Waals surface area contributed by atoms with Gasteiger partial charge in [0.1, 0.15) is 0 Å². The van der Waals surface area contributed by atoms with E-state index in [-0.39, 0.29) is 9.90 Å². The van der Waals surface area contributed by atoms with E-state index in [9.17, 15) is 4.79 Å².